The van der Waals surface area contributed by atoms with Crippen molar-refractivity contribution in [2.24, 2.45) is 5.92 Å². The van der Waals surface area contributed by atoms with Gasteiger partial charge in [0.1, 0.15) is 0 Å². The normalized spacial score (nSPS) is 16.7. The molecule has 0 spiro atoms. The second-order valence-electron chi connectivity index (χ2n) is 6.00. The van der Waals surface area contributed by atoms with E-state index in [9.17, 15) is 14.9 Å². The number of benzene rings is 1. The van der Waals surface area contributed by atoms with Crippen molar-refractivity contribution in [3.05, 3.63) is 58.1 Å². The Morgan fingerprint density at radius 1 is 1.25 bits per heavy atom. The average Bonchev–Trinajstić information content (AvgIpc) is 2.57. The first-order valence-corrected chi connectivity index (χ1v) is 7.66. The first-order valence-electron chi connectivity index (χ1n) is 7.66. The minimum absolute atomic E-state index is 0.178. The summed E-state index contributed by atoms with van der Waals surface area (Å²) in [5, 5.41) is 11.0. The molecule has 1 aromatic heterocycles. The predicted octanol–water partition coefficient (Wildman–Crippen LogP) is 3.11. The van der Waals surface area contributed by atoms with Crippen LogP contribution in [0.1, 0.15) is 25.5 Å². The first-order chi connectivity index (χ1) is 11.5. The summed E-state index contributed by atoms with van der Waals surface area (Å²) in [5.41, 5.74) is 0.736. The molecule has 0 aliphatic carbocycles. The van der Waals surface area contributed by atoms with Gasteiger partial charge < -0.3 is 14.9 Å². The first kappa shape index (κ1) is 15.9. The van der Waals surface area contributed by atoms with E-state index in [1.807, 2.05) is 44.2 Å². The molecule has 0 fully saturated rings. The van der Waals surface area contributed by atoms with Crippen molar-refractivity contribution in [3.63, 3.8) is 0 Å². The number of anilines is 1. The van der Waals surface area contributed by atoms with Crippen molar-refractivity contribution in [2.75, 3.05) is 11.4 Å². The number of hydrogen-bond donors (Lipinski definition) is 0. The number of nitrogens with zero attached hydrogens (tertiary/aromatic N) is 3. The Kier molecular flexibility index (Phi) is 4.16. The van der Waals surface area contributed by atoms with Crippen molar-refractivity contribution < 1.29 is 14.5 Å². The largest absolute Gasteiger partial charge is 0.469 e. The molecule has 124 valence electrons. The lowest BCUT2D eigenvalue weighted by Gasteiger charge is -2.32. The average molecular weight is 327 g/mol. The van der Waals surface area contributed by atoms with Gasteiger partial charge in [0.05, 0.1) is 0 Å². The minimum Gasteiger partial charge on any atom is -0.469 e. The number of carbonyl (C=O) groups excluding carboxylic acids is 1. The molecule has 24 heavy (non-hydrogen) atoms. The third kappa shape index (κ3) is 2.92. The molecule has 0 radical (unpaired) electrons. The highest BCUT2D eigenvalue weighted by atomic mass is 16.6. The summed E-state index contributed by atoms with van der Waals surface area (Å²) in [6.45, 7) is 4.35. The summed E-state index contributed by atoms with van der Waals surface area (Å²) in [5.74, 6) is 0.176. The summed E-state index contributed by atoms with van der Waals surface area (Å²) in [7, 11) is 0. The fourth-order valence-corrected chi connectivity index (χ4v) is 2.62. The molecule has 2 heterocycles. The number of ether oxygens (including phenoxy) is 1. The van der Waals surface area contributed by atoms with E-state index in [1.165, 1.54) is 17.0 Å². The SMILES string of the molecule is CC(C)CN1C(=O)C(c2ccccc2)Oc2ccc([N+](=O)[O-])nc21. The van der Waals surface area contributed by atoms with Crippen LogP contribution in [0.15, 0.2) is 42.5 Å². The summed E-state index contributed by atoms with van der Waals surface area (Å²) in [6.07, 6.45) is -0.777. The van der Waals surface area contributed by atoms with Crippen LogP contribution < -0.4 is 9.64 Å². The third-order valence-electron chi connectivity index (χ3n) is 3.65. The number of pyridine rings is 1. The Hall–Kier alpha value is -2.96. The number of carbonyl (C=O) groups is 1. The number of rotatable bonds is 4. The molecule has 1 aliphatic heterocycles. The van der Waals surface area contributed by atoms with Gasteiger partial charge in [0.2, 0.25) is 6.10 Å². The molecule has 1 aliphatic rings. The second-order valence-corrected chi connectivity index (χ2v) is 6.00. The Balaban J connectivity index is 2.07. The van der Waals surface area contributed by atoms with Gasteiger partial charge in [-0.1, -0.05) is 44.2 Å². The molecule has 1 amide bonds. The summed E-state index contributed by atoms with van der Waals surface area (Å²) >= 11 is 0. The zero-order valence-electron chi connectivity index (χ0n) is 13.4. The fourth-order valence-electron chi connectivity index (χ4n) is 2.62. The second kappa shape index (κ2) is 6.27. The van der Waals surface area contributed by atoms with Gasteiger partial charge in [-0.25, -0.2) is 0 Å². The molecule has 0 N–H and O–H groups in total. The summed E-state index contributed by atoms with van der Waals surface area (Å²) < 4.78 is 5.80. The van der Waals surface area contributed by atoms with E-state index >= 15 is 0 Å². The lowest BCUT2D eigenvalue weighted by atomic mass is 10.1. The maximum absolute atomic E-state index is 12.9. The third-order valence-corrected chi connectivity index (χ3v) is 3.65. The van der Waals surface area contributed by atoms with Crippen LogP contribution in [0.3, 0.4) is 0 Å². The molecule has 0 saturated carbocycles. The zero-order valence-corrected chi connectivity index (χ0v) is 13.4. The highest BCUT2D eigenvalue weighted by Gasteiger charge is 2.39. The molecular formula is C17H17N3O4. The van der Waals surface area contributed by atoms with E-state index in [0.29, 0.717) is 12.3 Å². The van der Waals surface area contributed by atoms with Crippen molar-refractivity contribution in [1.29, 1.82) is 0 Å². The van der Waals surface area contributed by atoms with Crippen LogP contribution in [0.2, 0.25) is 0 Å². The molecular weight excluding hydrogens is 310 g/mol. The van der Waals surface area contributed by atoms with E-state index in [4.69, 9.17) is 4.74 Å². The molecule has 7 nitrogen and oxygen atoms in total. The van der Waals surface area contributed by atoms with Gasteiger partial charge in [-0.05, 0) is 21.9 Å². The topological polar surface area (TPSA) is 85.6 Å². The molecule has 1 aromatic carbocycles. The lowest BCUT2D eigenvalue weighted by molar-refractivity contribution is -0.389. The number of nitro groups is 1. The molecule has 0 saturated heterocycles. The molecule has 1 unspecified atom stereocenters. The fraction of sp³-hybridized carbons (Fsp3) is 0.294. The predicted molar refractivity (Wildman–Crippen MR) is 87.9 cm³/mol. The Labute approximate surface area is 139 Å². The van der Waals surface area contributed by atoms with Crippen LogP contribution in [-0.2, 0) is 4.79 Å². The van der Waals surface area contributed by atoms with Crippen LogP contribution in [-0.4, -0.2) is 22.4 Å². The van der Waals surface area contributed by atoms with E-state index in [-0.39, 0.29) is 23.5 Å². The van der Waals surface area contributed by atoms with E-state index in [0.717, 1.165) is 5.56 Å². The van der Waals surface area contributed by atoms with Crippen molar-refractivity contribution in [1.82, 2.24) is 4.98 Å². The quantitative estimate of drug-likeness (QED) is 0.636. The smallest absolute Gasteiger partial charge is 0.366 e. The Bertz CT molecular complexity index is 777. The number of fused-ring (bicyclic) bond motifs is 1. The standard InChI is InChI=1S/C17H17N3O4/c1-11(2)10-19-16-13(8-9-14(18-16)20(22)23)24-15(17(19)21)12-6-4-3-5-7-12/h3-9,11,15H,10H2,1-2H3. The van der Waals surface area contributed by atoms with Gasteiger partial charge in [-0.15, -0.1) is 0 Å². The zero-order chi connectivity index (χ0) is 17.3. The van der Waals surface area contributed by atoms with Gasteiger partial charge in [0, 0.05) is 18.2 Å². The van der Waals surface area contributed by atoms with Crippen LogP contribution in [0.25, 0.3) is 0 Å². The lowest BCUT2D eigenvalue weighted by Crippen LogP contribution is -2.43. The molecule has 1 atom stereocenters. The highest BCUT2D eigenvalue weighted by Crippen LogP contribution is 2.39. The van der Waals surface area contributed by atoms with Gasteiger partial charge >= 0.3 is 5.82 Å². The van der Waals surface area contributed by atoms with Crippen LogP contribution in [0, 0.1) is 16.0 Å². The monoisotopic (exact) mass is 327 g/mol. The van der Waals surface area contributed by atoms with Gasteiger partial charge in [-0.2, -0.15) is 0 Å². The van der Waals surface area contributed by atoms with E-state index in [2.05, 4.69) is 4.98 Å². The van der Waals surface area contributed by atoms with Crippen LogP contribution >= 0.6 is 0 Å². The van der Waals surface area contributed by atoms with Gasteiger partial charge in [-0.3, -0.25) is 9.69 Å². The van der Waals surface area contributed by atoms with E-state index in [1.54, 1.807) is 0 Å². The van der Waals surface area contributed by atoms with Crippen molar-refractivity contribution in [3.8, 4) is 5.75 Å². The summed E-state index contributed by atoms with van der Waals surface area (Å²) in [6, 6.07) is 12.0. The van der Waals surface area contributed by atoms with Crippen molar-refractivity contribution in [2.45, 2.75) is 20.0 Å². The maximum atomic E-state index is 12.9. The van der Waals surface area contributed by atoms with Crippen molar-refractivity contribution >= 4 is 17.5 Å². The van der Waals surface area contributed by atoms with Crippen LogP contribution in [0.5, 0.6) is 5.75 Å². The number of amides is 1. The number of hydrogen-bond acceptors (Lipinski definition) is 5. The van der Waals surface area contributed by atoms with Gasteiger partial charge in [0.25, 0.3) is 11.7 Å². The molecule has 7 heteroatoms. The molecule has 0 bridgehead atoms. The highest BCUT2D eigenvalue weighted by molar-refractivity contribution is 5.99. The number of aromatic nitrogens is 1. The maximum Gasteiger partial charge on any atom is 0.366 e. The van der Waals surface area contributed by atoms with Gasteiger partial charge in [0.15, 0.2) is 5.75 Å². The molecule has 2 aromatic rings. The minimum atomic E-state index is -0.777. The Morgan fingerprint density at radius 2 is 1.96 bits per heavy atom. The van der Waals surface area contributed by atoms with Crippen LogP contribution in [0.4, 0.5) is 11.6 Å². The molecule has 3 rings (SSSR count). The summed E-state index contributed by atoms with van der Waals surface area (Å²) in [4.78, 5) is 28.8. The Morgan fingerprint density at radius 3 is 2.58 bits per heavy atom. The van der Waals surface area contributed by atoms with E-state index < -0.39 is 11.0 Å².